The van der Waals surface area contributed by atoms with Gasteiger partial charge in [0.15, 0.2) is 0 Å². The Morgan fingerprint density at radius 1 is 1.21 bits per heavy atom. The number of nitrogens with two attached hydrogens (primary N) is 1. The maximum atomic E-state index is 13.6. The van der Waals surface area contributed by atoms with Gasteiger partial charge in [-0.1, -0.05) is 12.2 Å². The van der Waals surface area contributed by atoms with Gasteiger partial charge in [0.05, 0.1) is 22.6 Å². The number of aromatic nitrogens is 2. The van der Waals surface area contributed by atoms with Gasteiger partial charge in [-0.3, -0.25) is 0 Å². The van der Waals surface area contributed by atoms with Crippen LogP contribution in [0.1, 0.15) is 5.69 Å². The Kier molecular flexibility index (Phi) is 4.01. The smallest absolute Gasteiger partial charge is 0.148 e. The lowest BCUT2D eigenvalue weighted by Crippen LogP contribution is -2.12. The van der Waals surface area contributed by atoms with E-state index in [0.717, 1.165) is 12.1 Å². The van der Waals surface area contributed by atoms with Gasteiger partial charge in [0.25, 0.3) is 0 Å². The molecule has 4 nitrogen and oxygen atoms in total. The number of thiocarbonyl (C=S) groups is 1. The lowest BCUT2D eigenvalue weighted by atomic mass is 10.3. The maximum absolute atomic E-state index is 13.6. The van der Waals surface area contributed by atoms with Crippen LogP contribution >= 0.6 is 28.1 Å². The molecule has 2 aromatic rings. The van der Waals surface area contributed by atoms with Crippen LogP contribution in [0.3, 0.4) is 0 Å². The Bertz CT molecular complexity index is 633. The number of hydrogen-bond donors (Lipinski definition) is 2. The summed E-state index contributed by atoms with van der Waals surface area (Å²) in [6, 6.07) is 2.04. The molecule has 0 bridgehead atoms. The Morgan fingerprint density at radius 3 is 2.53 bits per heavy atom. The number of hydrogen-bond acceptors (Lipinski definition) is 4. The zero-order valence-electron chi connectivity index (χ0n) is 9.32. The van der Waals surface area contributed by atoms with Crippen LogP contribution in [0, 0.1) is 11.6 Å². The third kappa shape index (κ3) is 3.21. The minimum Gasteiger partial charge on any atom is -0.388 e. The van der Waals surface area contributed by atoms with E-state index in [9.17, 15) is 8.78 Å². The van der Waals surface area contributed by atoms with Gasteiger partial charge in [0, 0.05) is 6.07 Å². The van der Waals surface area contributed by atoms with E-state index in [1.807, 2.05) is 0 Å². The first-order chi connectivity index (χ1) is 8.97. The minimum atomic E-state index is -0.617. The summed E-state index contributed by atoms with van der Waals surface area (Å²) >= 11 is 7.62. The summed E-state index contributed by atoms with van der Waals surface area (Å²) in [6.07, 6.45) is 2.67. The van der Waals surface area contributed by atoms with E-state index in [2.05, 4.69) is 31.2 Å². The van der Waals surface area contributed by atoms with Crippen LogP contribution in [0.5, 0.6) is 0 Å². The minimum absolute atomic E-state index is 0.0434. The van der Waals surface area contributed by atoms with Crippen LogP contribution in [0.15, 0.2) is 29.0 Å². The SMILES string of the molecule is NC(=S)c1cnc(Nc2cc(F)c(Br)cc2F)cn1. The summed E-state index contributed by atoms with van der Waals surface area (Å²) in [4.78, 5) is 7.98. The monoisotopic (exact) mass is 344 g/mol. The van der Waals surface area contributed by atoms with Crippen LogP contribution in [-0.4, -0.2) is 15.0 Å². The molecule has 0 aliphatic heterocycles. The van der Waals surface area contributed by atoms with Crippen molar-refractivity contribution >= 4 is 44.6 Å². The van der Waals surface area contributed by atoms with E-state index in [-0.39, 0.29) is 21.0 Å². The number of anilines is 2. The predicted octanol–water partition coefficient (Wildman–Crippen LogP) is 2.90. The highest BCUT2D eigenvalue weighted by atomic mass is 79.9. The Morgan fingerprint density at radius 2 is 1.95 bits per heavy atom. The molecule has 8 heteroatoms. The molecule has 0 aliphatic carbocycles. The topological polar surface area (TPSA) is 63.8 Å². The van der Waals surface area contributed by atoms with E-state index in [4.69, 9.17) is 18.0 Å². The normalized spacial score (nSPS) is 10.3. The molecule has 0 unspecified atom stereocenters. The van der Waals surface area contributed by atoms with Gasteiger partial charge in [-0.2, -0.15) is 0 Å². The van der Waals surface area contributed by atoms with Crippen molar-refractivity contribution in [2.75, 3.05) is 5.32 Å². The van der Waals surface area contributed by atoms with Crippen molar-refractivity contribution in [1.82, 2.24) is 9.97 Å². The van der Waals surface area contributed by atoms with Gasteiger partial charge in [0.2, 0.25) is 0 Å². The van der Waals surface area contributed by atoms with Crippen molar-refractivity contribution in [2.45, 2.75) is 0 Å². The number of benzene rings is 1. The molecule has 0 amide bonds. The first-order valence-corrected chi connectivity index (χ1v) is 6.21. The molecular formula is C11H7BrF2N4S. The standard InChI is InChI=1S/C11H7BrF2N4S/c12-5-1-7(14)8(2-6(5)13)18-10-4-16-9(3-17-10)11(15)19/h1-4H,(H2,15,19)(H,17,18). The van der Waals surface area contributed by atoms with E-state index in [1.54, 1.807) is 0 Å². The molecule has 0 fully saturated rings. The van der Waals surface area contributed by atoms with Gasteiger partial charge in [-0.15, -0.1) is 0 Å². The number of rotatable bonds is 3. The molecule has 2 rings (SSSR count). The van der Waals surface area contributed by atoms with Crippen molar-refractivity contribution in [3.8, 4) is 0 Å². The molecule has 0 saturated heterocycles. The summed E-state index contributed by atoms with van der Waals surface area (Å²) < 4.78 is 26.9. The number of nitrogens with one attached hydrogen (secondary N) is 1. The maximum Gasteiger partial charge on any atom is 0.148 e. The van der Waals surface area contributed by atoms with Crippen molar-refractivity contribution in [1.29, 1.82) is 0 Å². The predicted molar refractivity (Wildman–Crippen MR) is 75.3 cm³/mol. The highest BCUT2D eigenvalue weighted by Gasteiger charge is 2.09. The quantitative estimate of drug-likeness (QED) is 0.662. The lowest BCUT2D eigenvalue weighted by molar-refractivity contribution is 0.597. The van der Waals surface area contributed by atoms with E-state index in [0.29, 0.717) is 5.69 Å². The van der Waals surface area contributed by atoms with Gasteiger partial charge in [0.1, 0.15) is 28.1 Å². The van der Waals surface area contributed by atoms with Crippen LogP contribution < -0.4 is 11.1 Å². The lowest BCUT2D eigenvalue weighted by Gasteiger charge is -2.07. The summed E-state index contributed by atoms with van der Waals surface area (Å²) in [5.41, 5.74) is 5.68. The van der Waals surface area contributed by atoms with Crippen molar-refractivity contribution in [3.05, 3.63) is 46.3 Å². The summed E-state index contributed by atoms with van der Waals surface area (Å²) in [6.45, 7) is 0. The molecule has 98 valence electrons. The van der Waals surface area contributed by atoms with E-state index < -0.39 is 11.6 Å². The van der Waals surface area contributed by atoms with Crippen LogP contribution in [0.2, 0.25) is 0 Å². The molecule has 0 aliphatic rings. The Labute approximate surface area is 121 Å². The fraction of sp³-hybridized carbons (Fsp3) is 0. The second-order valence-corrected chi connectivity index (χ2v) is 4.82. The third-order valence-corrected chi connectivity index (χ3v) is 2.99. The Hall–Kier alpha value is -1.67. The molecule has 0 saturated carbocycles. The largest absolute Gasteiger partial charge is 0.388 e. The number of halogens is 3. The Balaban J connectivity index is 2.26. The molecular weight excluding hydrogens is 338 g/mol. The molecule has 1 heterocycles. The number of nitrogens with zero attached hydrogens (tertiary/aromatic N) is 2. The van der Waals surface area contributed by atoms with Gasteiger partial charge in [-0.05, 0) is 22.0 Å². The molecule has 0 spiro atoms. The van der Waals surface area contributed by atoms with Crippen molar-refractivity contribution in [3.63, 3.8) is 0 Å². The second-order valence-electron chi connectivity index (χ2n) is 3.52. The van der Waals surface area contributed by atoms with Crippen LogP contribution in [0.4, 0.5) is 20.3 Å². The van der Waals surface area contributed by atoms with Crippen molar-refractivity contribution in [2.24, 2.45) is 5.73 Å². The average Bonchev–Trinajstić information content (AvgIpc) is 2.36. The zero-order valence-corrected chi connectivity index (χ0v) is 11.7. The molecule has 19 heavy (non-hydrogen) atoms. The molecule has 0 radical (unpaired) electrons. The summed E-state index contributed by atoms with van der Waals surface area (Å²) in [7, 11) is 0. The van der Waals surface area contributed by atoms with Gasteiger partial charge < -0.3 is 11.1 Å². The van der Waals surface area contributed by atoms with Crippen molar-refractivity contribution < 1.29 is 8.78 Å². The molecule has 1 aromatic carbocycles. The molecule has 3 N–H and O–H groups in total. The first kappa shape index (κ1) is 13.8. The van der Waals surface area contributed by atoms with Crippen LogP contribution in [-0.2, 0) is 0 Å². The summed E-state index contributed by atoms with van der Waals surface area (Å²) in [5, 5.41) is 2.61. The molecule has 1 aromatic heterocycles. The van der Waals surface area contributed by atoms with E-state index in [1.165, 1.54) is 12.4 Å². The average molecular weight is 345 g/mol. The third-order valence-electron chi connectivity index (χ3n) is 2.18. The first-order valence-electron chi connectivity index (χ1n) is 5.01. The fourth-order valence-electron chi connectivity index (χ4n) is 1.28. The van der Waals surface area contributed by atoms with Crippen LogP contribution in [0.25, 0.3) is 0 Å². The second kappa shape index (κ2) is 5.54. The highest BCUT2D eigenvalue weighted by molar-refractivity contribution is 9.10. The highest BCUT2D eigenvalue weighted by Crippen LogP contribution is 2.25. The zero-order chi connectivity index (χ0) is 14.0. The van der Waals surface area contributed by atoms with Gasteiger partial charge >= 0.3 is 0 Å². The van der Waals surface area contributed by atoms with Gasteiger partial charge in [-0.25, -0.2) is 18.7 Å². The molecule has 0 atom stereocenters. The van der Waals surface area contributed by atoms with E-state index >= 15 is 0 Å². The fourth-order valence-corrected chi connectivity index (χ4v) is 1.70. The summed E-state index contributed by atoms with van der Waals surface area (Å²) in [5.74, 6) is -0.953.